The van der Waals surface area contributed by atoms with Crippen molar-refractivity contribution in [3.8, 4) is 11.1 Å². The molecule has 0 radical (unpaired) electrons. The Balaban J connectivity index is 1.18. The summed E-state index contributed by atoms with van der Waals surface area (Å²) in [6.45, 7) is 7.40. The Bertz CT molecular complexity index is 2120. The number of rotatable bonds is 16. The zero-order valence-corrected chi connectivity index (χ0v) is 32.1. The third-order valence-electron chi connectivity index (χ3n) is 9.76. The van der Waals surface area contributed by atoms with E-state index in [9.17, 15) is 18.3 Å². The van der Waals surface area contributed by atoms with E-state index in [1.807, 2.05) is 123 Å². The van der Waals surface area contributed by atoms with Gasteiger partial charge in [-0.1, -0.05) is 127 Å². The van der Waals surface area contributed by atoms with Crippen LogP contribution >= 0.6 is 0 Å². The highest BCUT2D eigenvalue weighted by molar-refractivity contribution is 7.89. The fourth-order valence-corrected chi connectivity index (χ4v) is 7.96. The molecule has 5 aromatic carbocycles. The third kappa shape index (κ3) is 10.6. The molecule has 6 rings (SSSR count). The van der Waals surface area contributed by atoms with Crippen LogP contribution in [-0.4, -0.2) is 56.6 Å². The number of sulfonamides is 1. The number of amides is 1. The molecule has 1 saturated heterocycles. The molecule has 4 atom stereocenters. The summed E-state index contributed by atoms with van der Waals surface area (Å²) >= 11 is 0. The molecule has 0 bridgehead atoms. The van der Waals surface area contributed by atoms with E-state index in [1.165, 1.54) is 0 Å². The predicted octanol–water partition coefficient (Wildman–Crippen LogP) is 7.02. The summed E-state index contributed by atoms with van der Waals surface area (Å²) in [5, 5.41) is 12.5. The molecule has 10 heteroatoms. The molecular formula is C45H49N3O6S. The second kappa shape index (κ2) is 18.6. The number of nitrogens with zero attached hydrogens (tertiary/aromatic N) is 1. The molecule has 5 aromatic rings. The van der Waals surface area contributed by atoms with Crippen LogP contribution in [0.2, 0.25) is 0 Å². The molecule has 0 spiro atoms. The Hall–Kier alpha value is -4.94. The maximum absolute atomic E-state index is 13.8. The number of benzene rings is 5. The minimum atomic E-state index is -3.97. The topological polar surface area (TPSA) is 117 Å². The zero-order chi connectivity index (χ0) is 38.8. The maximum Gasteiger partial charge on any atom is 0.241 e. The van der Waals surface area contributed by atoms with Gasteiger partial charge in [-0.3, -0.25) is 4.79 Å². The summed E-state index contributed by atoms with van der Waals surface area (Å²) < 4.78 is 42.5. The summed E-state index contributed by atoms with van der Waals surface area (Å²) in [7, 11) is -1.93. The van der Waals surface area contributed by atoms with Crippen molar-refractivity contribution in [2.45, 2.75) is 62.4 Å². The second-order valence-corrected chi connectivity index (χ2v) is 15.7. The third-order valence-corrected chi connectivity index (χ3v) is 11.3. The number of aliphatic hydroxyl groups is 1. The van der Waals surface area contributed by atoms with Gasteiger partial charge in [-0.2, -0.15) is 4.72 Å². The Morgan fingerprint density at radius 3 is 2.24 bits per heavy atom. The number of hydrogen-bond acceptors (Lipinski definition) is 7. The smallest absolute Gasteiger partial charge is 0.241 e. The largest absolute Gasteiger partial charge is 0.392 e. The molecule has 1 amide bonds. The average molecular weight is 760 g/mol. The summed E-state index contributed by atoms with van der Waals surface area (Å²) in [6, 6.07) is 38.6. The van der Waals surface area contributed by atoms with Gasteiger partial charge in [0, 0.05) is 31.6 Å². The van der Waals surface area contributed by atoms with Crippen LogP contribution < -0.4 is 10.0 Å². The van der Waals surface area contributed by atoms with E-state index in [4.69, 9.17) is 9.47 Å². The van der Waals surface area contributed by atoms with Crippen LogP contribution in [0.3, 0.4) is 0 Å². The highest BCUT2D eigenvalue weighted by atomic mass is 32.2. The van der Waals surface area contributed by atoms with Crippen molar-refractivity contribution in [2.75, 3.05) is 20.1 Å². The maximum atomic E-state index is 13.8. The van der Waals surface area contributed by atoms with E-state index in [0.29, 0.717) is 13.0 Å². The zero-order valence-electron chi connectivity index (χ0n) is 31.3. The van der Waals surface area contributed by atoms with E-state index in [-0.39, 0.29) is 36.7 Å². The molecule has 0 saturated carbocycles. The minimum Gasteiger partial charge on any atom is -0.392 e. The van der Waals surface area contributed by atoms with Gasteiger partial charge in [-0.15, -0.1) is 6.58 Å². The van der Waals surface area contributed by atoms with Crippen molar-refractivity contribution in [1.82, 2.24) is 14.9 Å². The van der Waals surface area contributed by atoms with E-state index in [1.54, 1.807) is 24.3 Å². The monoisotopic (exact) mass is 759 g/mol. The Morgan fingerprint density at radius 1 is 0.873 bits per heavy atom. The molecule has 1 fully saturated rings. The first-order chi connectivity index (χ1) is 26.6. The SMILES string of the molecule is C=CCN(C)C[C@H]1C[C@@H](c2ccc(CO)cc2)O[C@@H](c2ccc(-c3ccccc3CNC(=O)[C@@H](Cc3ccccc3)NS(=O)(=O)c3ccc(C)cc3)cc2)O1. The van der Waals surface area contributed by atoms with Crippen LogP contribution in [-0.2, 0) is 43.9 Å². The standard InChI is InChI=1S/C45H49N3O6S/c1-4-26-48(3)30-39-28-43(36-18-16-34(31-49)17-19-36)54-45(53-39)37-22-20-35(21-23-37)41-13-9-8-12-38(41)29-46-44(50)42(27-33-10-6-5-7-11-33)47-55(51,52)40-24-14-32(2)15-25-40/h4-25,39,42-43,45,47,49H,1,26-31H2,2-3H3,(H,46,50)/t39-,42-,43+,45+/m1/s1. The highest BCUT2D eigenvalue weighted by Crippen LogP contribution is 2.39. The lowest BCUT2D eigenvalue weighted by Gasteiger charge is -2.37. The summed E-state index contributed by atoms with van der Waals surface area (Å²) in [5.41, 5.74) is 7.30. The Morgan fingerprint density at radius 2 is 1.55 bits per heavy atom. The van der Waals surface area contributed by atoms with E-state index in [2.05, 4.69) is 21.5 Å². The van der Waals surface area contributed by atoms with Gasteiger partial charge in [0.1, 0.15) is 6.04 Å². The normalized spacial score (nSPS) is 17.8. The molecule has 0 aliphatic carbocycles. The van der Waals surface area contributed by atoms with Crippen molar-refractivity contribution < 1.29 is 27.8 Å². The van der Waals surface area contributed by atoms with Crippen molar-refractivity contribution in [3.63, 3.8) is 0 Å². The molecule has 3 N–H and O–H groups in total. The van der Waals surface area contributed by atoms with E-state index >= 15 is 0 Å². The average Bonchev–Trinajstić information content (AvgIpc) is 3.20. The van der Waals surface area contributed by atoms with Gasteiger partial charge in [-0.25, -0.2) is 8.42 Å². The fourth-order valence-electron chi connectivity index (χ4n) is 6.77. The highest BCUT2D eigenvalue weighted by Gasteiger charge is 2.33. The number of carbonyl (C=O) groups is 1. The molecule has 1 aliphatic rings. The van der Waals surface area contributed by atoms with Gasteiger partial charge in [0.15, 0.2) is 6.29 Å². The van der Waals surface area contributed by atoms with Crippen LogP contribution in [0.4, 0.5) is 0 Å². The minimum absolute atomic E-state index is 0.0147. The van der Waals surface area contributed by atoms with Crippen molar-refractivity contribution in [3.05, 3.63) is 173 Å². The van der Waals surface area contributed by atoms with Gasteiger partial charge in [-0.05, 0) is 65.9 Å². The lowest BCUT2D eigenvalue weighted by atomic mass is 9.97. The lowest BCUT2D eigenvalue weighted by Crippen LogP contribution is -2.47. The number of hydrogen-bond donors (Lipinski definition) is 3. The van der Waals surface area contributed by atoms with Crippen molar-refractivity contribution >= 4 is 15.9 Å². The van der Waals surface area contributed by atoms with Gasteiger partial charge in [0.25, 0.3) is 0 Å². The Kier molecular flexibility index (Phi) is 13.4. The van der Waals surface area contributed by atoms with Crippen molar-refractivity contribution in [1.29, 1.82) is 0 Å². The van der Waals surface area contributed by atoms with Crippen LogP contribution in [0.1, 0.15) is 52.2 Å². The molecule has 0 unspecified atom stereocenters. The number of aliphatic hydroxyl groups excluding tert-OH is 1. The van der Waals surface area contributed by atoms with Crippen LogP contribution in [0.25, 0.3) is 11.1 Å². The molecule has 286 valence electrons. The summed E-state index contributed by atoms with van der Waals surface area (Å²) in [4.78, 5) is 16.0. The van der Waals surface area contributed by atoms with E-state index < -0.39 is 28.3 Å². The number of ether oxygens (including phenoxy) is 2. The first-order valence-corrected chi connectivity index (χ1v) is 20.0. The van der Waals surface area contributed by atoms with Gasteiger partial charge in [0.05, 0.1) is 23.7 Å². The number of carbonyl (C=O) groups excluding carboxylic acids is 1. The van der Waals surface area contributed by atoms with Crippen LogP contribution in [0, 0.1) is 6.92 Å². The van der Waals surface area contributed by atoms with Gasteiger partial charge < -0.3 is 24.8 Å². The summed E-state index contributed by atoms with van der Waals surface area (Å²) in [6.07, 6.45) is 1.89. The lowest BCUT2D eigenvalue weighted by molar-refractivity contribution is -0.252. The quantitative estimate of drug-likeness (QED) is 0.0927. The molecule has 9 nitrogen and oxygen atoms in total. The molecule has 55 heavy (non-hydrogen) atoms. The fraction of sp³-hybridized carbons (Fsp3) is 0.267. The second-order valence-electron chi connectivity index (χ2n) is 14.0. The number of nitrogens with one attached hydrogen (secondary N) is 2. The van der Waals surface area contributed by atoms with Crippen LogP contribution in [0.5, 0.6) is 0 Å². The Labute approximate surface area is 324 Å². The number of likely N-dealkylation sites (N-methyl/N-ethyl adjacent to an activating group) is 1. The molecule has 1 heterocycles. The molecular weight excluding hydrogens is 711 g/mol. The summed E-state index contributed by atoms with van der Waals surface area (Å²) in [5.74, 6) is -0.426. The first-order valence-electron chi connectivity index (χ1n) is 18.5. The molecule has 0 aromatic heterocycles. The van der Waals surface area contributed by atoms with E-state index in [0.717, 1.165) is 51.1 Å². The van der Waals surface area contributed by atoms with Gasteiger partial charge in [0.2, 0.25) is 15.9 Å². The molecule has 1 aliphatic heterocycles. The predicted molar refractivity (Wildman–Crippen MR) is 215 cm³/mol. The van der Waals surface area contributed by atoms with Crippen LogP contribution in [0.15, 0.2) is 145 Å². The van der Waals surface area contributed by atoms with Crippen molar-refractivity contribution in [2.24, 2.45) is 0 Å². The van der Waals surface area contributed by atoms with Gasteiger partial charge >= 0.3 is 0 Å². The number of aryl methyl sites for hydroxylation is 1. The first kappa shape index (κ1) is 39.7.